The van der Waals surface area contributed by atoms with Crippen molar-refractivity contribution in [3.8, 4) is 0 Å². The number of aliphatic hydroxyl groups excluding tert-OH is 1. The Balaban J connectivity index is 3.09. The Morgan fingerprint density at radius 1 is 1.40 bits per heavy atom. The third-order valence-corrected chi connectivity index (χ3v) is 2.43. The van der Waals surface area contributed by atoms with E-state index in [1.165, 1.54) is 6.07 Å². The molecule has 15 heavy (non-hydrogen) atoms. The first-order chi connectivity index (χ1) is 6.86. The normalized spacial score (nSPS) is 14.0. The lowest BCUT2D eigenvalue weighted by molar-refractivity contribution is 0.267. The second kappa shape index (κ2) is 4.29. The zero-order valence-corrected chi connectivity index (χ0v) is 9.42. The van der Waals surface area contributed by atoms with Gasteiger partial charge in [0.25, 0.3) is 0 Å². The van der Waals surface area contributed by atoms with E-state index in [0.717, 1.165) is 0 Å². The Bertz CT molecular complexity index is 344. The van der Waals surface area contributed by atoms with Gasteiger partial charge in [-0.15, -0.1) is 0 Å². The maximum atomic E-state index is 13.7. The predicted molar refractivity (Wildman–Crippen MR) is 59.1 cm³/mol. The maximum absolute atomic E-state index is 13.7. The summed E-state index contributed by atoms with van der Waals surface area (Å²) in [5.41, 5.74) is 6.68. The minimum Gasteiger partial charge on any atom is -0.394 e. The van der Waals surface area contributed by atoms with E-state index >= 15 is 0 Å². The van der Waals surface area contributed by atoms with E-state index in [9.17, 15) is 4.39 Å². The van der Waals surface area contributed by atoms with Gasteiger partial charge in [-0.25, -0.2) is 4.39 Å². The fraction of sp³-hybridized carbons (Fsp3) is 0.500. The molecule has 0 spiro atoms. The molecule has 0 heterocycles. The molecule has 2 nitrogen and oxygen atoms in total. The maximum Gasteiger partial charge on any atom is 0.127 e. The van der Waals surface area contributed by atoms with Gasteiger partial charge < -0.3 is 10.8 Å². The molecule has 0 aliphatic rings. The minimum atomic E-state index is -0.506. The van der Waals surface area contributed by atoms with Crippen molar-refractivity contribution < 1.29 is 9.50 Å². The van der Waals surface area contributed by atoms with Crippen LogP contribution in [0.5, 0.6) is 0 Å². The molecule has 3 heteroatoms. The molecular formula is C12H18FNO. The lowest BCUT2D eigenvalue weighted by Crippen LogP contribution is -2.17. The summed E-state index contributed by atoms with van der Waals surface area (Å²) in [5, 5.41) is 8.86. The van der Waals surface area contributed by atoms with Crippen LogP contribution < -0.4 is 5.73 Å². The molecule has 1 rings (SSSR count). The second-order valence-corrected chi connectivity index (χ2v) is 4.78. The quantitative estimate of drug-likeness (QED) is 0.787. The van der Waals surface area contributed by atoms with Gasteiger partial charge >= 0.3 is 0 Å². The molecular weight excluding hydrogens is 193 g/mol. The number of benzene rings is 1. The first-order valence-electron chi connectivity index (χ1n) is 5.02. The molecule has 0 fully saturated rings. The standard InChI is InChI=1S/C12H18FNO/c1-12(2,3)9-5-4-8(6-10(9)13)11(14)7-15/h4-6,11,15H,7,14H2,1-3H3. The summed E-state index contributed by atoms with van der Waals surface area (Å²) in [6, 6.07) is 4.40. The van der Waals surface area contributed by atoms with Gasteiger partial charge in [0.1, 0.15) is 5.82 Å². The van der Waals surface area contributed by atoms with Crippen LogP contribution in [-0.4, -0.2) is 11.7 Å². The topological polar surface area (TPSA) is 46.2 Å². The number of halogens is 1. The van der Waals surface area contributed by atoms with Crippen LogP contribution in [0.15, 0.2) is 18.2 Å². The molecule has 1 atom stereocenters. The molecule has 0 radical (unpaired) electrons. The average Bonchev–Trinajstić information content (AvgIpc) is 2.14. The van der Waals surface area contributed by atoms with E-state index < -0.39 is 6.04 Å². The van der Waals surface area contributed by atoms with Crippen LogP contribution in [0, 0.1) is 5.82 Å². The number of nitrogens with two attached hydrogens (primary N) is 1. The van der Waals surface area contributed by atoms with Crippen molar-refractivity contribution in [2.75, 3.05) is 6.61 Å². The van der Waals surface area contributed by atoms with Gasteiger partial charge in [0, 0.05) is 0 Å². The molecule has 84 valence electrons. The van der Waals surface area contributed by atoms with Crippen molar-refractivity contribution in [2.45, 2.75) is 32.2 Å². The lowest BCUT2D eigenvalue weighted by Gasteiger charge is -2.21. The summed E-state index contributed by atoms with van der Waals surface area (Å²) in [5.74, 6) is -0.260. The molecule has 0 aromatic heterocycles. The summed E-state index contributed by atoms with van der Waals surface area (Å²) in [4.78, 5) is 0. The fourth-order valence-electron chi connectivity index (χ4n) is 1.48. The fourth-order valence-corrected chi connectivity index (χ4v) is 1.48. The van der Waals surface area contributed by atoms with E-state index in [1.807, 2.05) is 20.8 Å². The molecule has 1 unspecified atom stereocenters. The number of hydrogen-bond acceptors (Lipinski definition) is 2. The third-order valence-electron chi connectivity index (χ3n) is 2.43. The molecule has 0 bridgehead atoms. The van der Waals surface area contributed by atoms with E-state index in [2.05, 4.69) is 0 Å². The van der Waals surface area contributed by atoms with E-state index in [1.54, 1.807) is 12.1 Å². The molecule has 0 amide bonds. The molecule has 1 aromatic rings. The summed E-state index contributed by atoms with van der Waals surface area (Å²) in [6.07, 6.45) is 0. The molecule has 0 saturated carbocycles. The first kappa shape index (κ1) is 12.1. The lowest BCUT2D eigenvalue weighted by atomic mass is 9.86. The molecule has 0 aliphatic heterocycles. The van der Waals surface area contributed by atoms with Crippen molar-refractivity contribution in [3.05, 3.63) is 35.1 Å². The number of aliphatic hydroxyl groups is 1. The third kappa shape index (κ3) is 2.76. The second-order valence-electron chi connectivity index (χ2n) is 4.78. The van der Waals surface area contributed by atoms with Gasteiger partial charge in [-0.05, 0) is 22.6 Å². The highest BCUT2D eigenvalue weighted by molar-refractivity contribution is 5.30. The van der Waals surface area contributed by atoms with Crippen LogP contribution in [-0.2, 0) is 5.41 Å². The Labute approximate surface area is 89.9 Å². The molecule has 0 saturated heterocycles. The van der Waals surface area contributed by atoms with E-state index in [0.29, 0.717) is 11.1 Å². The Kier molecular flexibility index (Phi) is 3.47. The summed E-state index contributed by atoms with van der Waals surface area (Å²) in [7, 11) is 0. The van der Waals surface area contributed by atoms with Crippen molar-refractivity contribution in [1.29, 1.82) is 0 Å². The van der Waals surface area contributed by atoms with Gasteiger partial charge in [-0.2, -0.15) is 0 Å². The van der Waals surface area contributed by atoms with Crippen molar-refractivity contribution in [3.63, 3.8) is 0 Å². The predicted octanol–water partition coefficient (Wildman–Crippen LogP) is 2.12. The first-order valence-corrected chi connectivity index (χ1v) is 5.02. The van der Waals surface area contributed by atoms with Gasteiger partial charge in [0.15, 0.2) is 0 Å². The zero-order valence-electron chi connectivity index (χ0n) is 9.42. The molecule has 0 aliphatic carbocycles. The summed E-state index contributed by atoms with van der Waals surface area (Å²) >= 11 is 0. The van der Waals surface area contributed by atoms with Gasteiger partial charge in [0.05, 0.1) is 12.6 Å². The smallest absolute Gasteiger partial charge is 0.127 e. The number of hydrogen-bond donors (Lipinski definition) is 2. The zero-order chi connectivity index (χ0) is 11.6. The SMILES string of the molecule is CC(C)(C)c1ccc(C(N)CO)cc1F. The Morgan fingerprint density at radius 2 is 2.00 bits per heavy atom. The summed E-state index contributed by atoms with van der Waals surface area (Å²) in [6.45, 7) is 5.69. The minimum absolute atomic E-state index is 0.172. The van der Waals surface area contributed by atoms with E-state index in [-0.39, 0.29) is 17.8 Å². The van der Waals surface area contributed by atoms with Crippen LogP contribution in [0.3, 0.4) is 0 Å². The molecule has 1 aromatic carbocycles. The highest BCUT2D eigenvalue weighted by atomic mass is 19.1. The van der Waals surface area contributed by atoms with Crippen molar-refractivity contribution in [1.82, 2.24) is 0 Å². The van der Waals surface area contributed by atoms with Gasteiger partial charge in [0.2, 0.25) is 0 Å². The molecule has 3 N–H and O–H groups in total. The van der Waals surface area contributed by atoms with Crippen molar-refractivity contribution in [2.24, 2.45) is 5.73 Å². The van der Waals surface area contributed by atoms with Crippen molar-refractivity contribution >= 4 is 0 Å². The summed E-state index contributed by atoms with van der Waals surface area (Å²) < 4.78 is 13.7. The monoisotopic (exact) mass is 211 g/mol. The van der Waals surface area contributed by atoms with Crippen LogP contribution >= 0.6 is 0 Å². The van der Waals surface area contributed by atoms with Crippen LogP contribution in [0.4, 0.5) is 4.39 Å². The van der Waals surface area contributed by atoms with Gasteiger partial charge in [-0.3, -0.25) is 0 Å². The van der Waals surface area contributed by atoms with Crippen LogP contribution in [0.25, 0.3) is 0 Å². The Hall–Kier alpha value is -0.930. The highest BCUT2D eigenvalue weighted by Gasteiger charge is 2.19. The number of rotatable bonds is 2. The van der Waals surface area contributed by atoms with Crippen LogP contribution in [0.1, 0.15) is 37.9 Å². The van der Waals surface area contributed by atoms with Crippen LogP contribution in [0.2, 0.25) is 0 Å². The average molecular weight is 211 g/mol. The Morgan fingerprint density at radius 3 is 2.40 bits per heavy atom. The largest absolute Gasteiger partial charge is 0.394 e. The van der Waals surface area contributed by atoms with E-state index in [4.69, 9.17) is 10.8 Å². The van der Waals surface area contributed by atoms with Gasteiger partial charge in [-0.1, -0.05) is 32.9 Å². The highest BCUT2D eigenvalue weighted by Crippen LogP contribution is 2.26.